The third-order valence-corrected chi connectivity index (χ3v) is 9.90. The van der Waals surface area contributed by atoms with Crippen molar-refractivity contribution in [2.45, 2.75) is 52.2 Å². The molecule has 0 aromatic heterocycles. The number of benzene rings is 6. The second-order valence-electron chi connectivity index (χ2n) is 15.4. The van der Waals surface area contributed by atoms with Gasteiger partial charge in [-0.05, 0) is 72.8 Å². The van der Waals surface area contributed by atoms with E-state index in [0.717, 1.165) is 0 Å². The molecule has 3 aliphatic rings. The minimum absolute atomic E-state index is 0. The van der Waals surface area contributed by atoms with E-state index in [-0.39, 0.29) is 67.5 Å². The van der Waals surface area contributed by atoms with Crippen molar-refractivity contribution < 1.29 is 76.4 Å². The summed E-state index contributed by atoms with van der Waals surface area (Å²) in [6.45, 7) is -2.87. The van der Waals surface area contributed by atoms with E-state index in [1.807, 2.05) is 50.2 Å². The Morgan fingerprint density at radius 1 is 0.296 bits per heavy atom. The van der Waals surface area contributed by atoms with Gasteiger partial charge < -0.3 is 57.0 Å². The molecule has 18 nitrogen and oxygen atoms in total. The van der Waals surface area contributed by atoms with Crippen LogP contribution in [-0.2, 0) is 48.0 Å². The molecule has 0 N–H and O–H groups in total. The fourth-order valence-corrected chi connectivity index (χ4v) is 6.32. The van der Waals surface area contributed by atoms with E-state index in [1.165, 1.54) is 0 Å². The molecule has 0 aliphatic carbocycles. The van der Waals surface area contributed by atoms with Crippen molar-refractivity contribution in [1.82, 2.24) is 0 Å². The van der Waals surface area contributed by atoms with Gasteiger partial charge in [-0.2, -0.15) is 0 Å². The molecule has 3 aliphatic heterocycles. The molecular formula is C50H48B2N6O12Ru. The normalized spacial score (nSPS) is 22.2. The van der Waals surface area contributed by atoms with E-state index in [1.54, 1.807) is 146 Å². The quantitative estimate of drug-likeness (QED) is 0.106. The van der Waals surface area contributed by atoms with Crippen LogP contribution in [0.15, 0.2) is 213 Å². The first kappa shape index (κ1) is 50.6. The molecule has 9 rings (SSSR count). The summed E-state index contributed by atoms with van der Waals surface area (Å²) in [5.41, 5.74) is 0. The second kappa shape index (κ2) is 25.9. The zero-order valence-corrected chi connectivity index (χ0v) is 40.4. The summed E-state index contributed by atoms with van der Waals surface area (Å²) in [7, 11) is 0. The van der Waals surface area contributed by atoms with Gasteiger partial charge in [0.15, 0.2) is 0 Å². The summed E-state index contributed by atoms with van der Waals surface area (Å²) in [6, 6.07) is 52.5. The molecule has 21 heteroatoms. The standard InChI is InChI=1S/C50H48B2N6O12.Ru/c1-3-5-37-51-65-53-45(59-39-25-13-7-14-26-39)48(62-42-31-19-10-20-32-42)56-68-52(38-6-4-2,69-57-49(63-43-33-21-11-22-34-43)46(54-66-51)60-40-27-15-8-16-28-40)70-58-50(64-44-35-23-12-24-36-44)47(55-67-51)61-41-29-17-9-18-30-41;/h7-36H,3-6,37-38H2,1-2H3;/q-2;+2/b53-45-,54-46-,55-47-,56-48-,57-49-,58-50-;. The van der Waals surface area contributed by atoms with Gasteiger partial charge in [-0.15, -0.1) is 0 Å². The van der Waals surface area contributed by atoms with Crippen LogP contribution in [0.1, 0.15) is 39.5 Å². The number of hydrogen-bond acceptors (Lipinski definition) is 18. The minimum Gasteiger partial charge on any atom is -0.537 e. The number of para-hydroxylation sites is 6. The molecule has 364 valence electrons. The number of unbranched alkanes of at least 4 members (excludes halogenated alkanes) is 2. The SMILES string of the molecule is CCCC[B-]12O/N=C(Oc3ccccc3)/C(Oc3ccccc3)=N/O[B-](CCCC)(O/N=C(Oc3ccccc3)/C(Oc3ccccc3)=N/O1)O/N=C(Oc1ccccc1)/C(Oc1ccccc1)=N/O2.[Ru+2]. The van der Waals surface area contributed by atoms with Crippen LogP contribution in [0.2, 0.25) is 12.6 Å². The van der Waals surface area contributed by atoms with Crippen LogP contribution in [0, 0.1) is 0 Å². The second-order valence-corrected chi connectivity index (χ2v) is 15.4. The summed E-state index contributed by atoms with van der Waals surface area (Å²) < 4.78 is 76.8. The van der Waals surface area contributed by atoms with E-state index in [4.69, 9.17) is 57.0 Å². The predicted octanol–water partition coefficient (Wildman–Crippen LogP) is 10.9. The maximum Gasteiger partial charge on any atom is 2.00 e. The molecule has 0 atom stereocenters. The Balaban J connectivity index is 0.00000741. The molecular weight excluding hydrogens is 999 g/mol. The third-order valence-electron chi connectivity index (χ3n) is 9.90. The van der Waals surface area contributed by atoms with Crippen LogP contribution in [0.25, 0.3) is 0 Å². The van der Waals surface area contributed by atoms with Gasteiger partial charge in [-0.25, -0.2) is 0 Å². The van der Waals surface area contributed by atoms with Crippen LogP contribution in [0.5, 0.6) is 34.5 Å². The van der Waals surface area contributed by atoms with Crippen molar-refractivity contribution in [1.29, 1.82) is 0 Å². The Morgan fingerprint density at radius 3 is 0.620 bits per heavy atom. The van der Waals surface area contributed by atoms with Crippen LogP contribution in [0.4, 0.5) is 0 Å². The summed E-state index contributed by atoms with van der Waals surface area (Å²) in [6.07, 6.45) is 1.92. The van der Waals surface area contributed by atoms with Gasteiger partial charge in [0.25, 0.3) is 0 Å². The van der Waals surface area contributed by atoms with Crippen molar-refractivity contribution in [3.8, 4) is 34.5 Å². The average molecular weight is 1050 g/mol. The van der Waals surface area contributed by atoms with E-state index >= 15 is 0 Å². The summed E-state index contributed by atoms with van der Waals surface area (Å²) in [5.74, 6) is -0.362. The Hall–Kier alpha value is -8.31. The van der Waals surface area contributed by atoms with Crippen LogP contribution < -0.4 is 28.4 Å². The first-order chi connectivity index (χ1) is 34.5. The van der Waals surface area contributed by atoms with E-state index < -0.39 is 13.5 Å². The molecule has 71 heavy (non-hydrogen) atoms. The van der Waals surface area contributed by atoms with Gasteiger partial charge in [-0.3, -0.25) is 0 Å². The van der Waals surface area contributed by atoms with Gasteiger partial charge in [0.1, 0.15) is 34.5 Å². The van der Waals surface area contributed by atoms with Gasteiger partial charge in [0.05, 0.1) is 0 Å². The molecule has 0 saturated carbocycles. The number of oxime groups is 6. The number of hydrogen-bond donors (Lipinski definition) is 0. The molecule has 0 amide bonds. The molecule has 6 aromatic carbocycles. The predicted molar refractivity (Wildman–Crippen MR) is 264 cm³/mol. The van der Waals surface area contributed by atoms with Crippen molar-refractivity contribution in [2.24, 2.45) is 30.9 Å². The van der Waals surface area contributed by atoms with Gasteiger partial charge in [0.2, 0.25) is 0 Å². The average Bonchev–Trinajstić information content (AvgIpc) is 3.41. The van der Waals surface area contributed by atoms with E-state index in [0.29, 0.717) is 60.2 Å². The van der Waals surface area contributed by atoms with Crippen molar-refractivity contribution in [3.63, 3.8) is 0 Å². The zero-order valence-electron chi connectivity index (χ0n) is 38.7. The fourth-order valence-electron chi connectivity index (χ4n) is 6.32. The Kier molecular flexibility index (Phi) is 18.4. The largest absolute Gasteiger partial charge is 2.00 e. The zero-order chi connectivity index (χ0) is 48.1. The number of fused-ring (bicyclic) bond motifs is 9. The number of rotatable bonds is 12. The van der Waals surface area contributed by atoms with Crippen LogP contribution in [0.3, 0.4) is 0 Å². The molecule has 0 radical (unpaired) electrons. The maximum absolute atomic E-state index is 6.44. The third kappa shape index (κ3) is 14.8. The number of ether oxygens (including phenoxy) is 6. The Bertz CT molecular complexity index is 2290. The monoisotopic (exact) mass is 1050 g/mol. The summed E-state index contributed by atoms with van der Waals surface area (Å²) in [4.78, 5) is 0. The van der Waals surface area contributed by atoms with Crippen molar-refractivity contribution in [3.05, 3.63) is 182 Å². The molecule has 6 aromatic rings. The van der Waals surface area contributed by atoms with Crippen molar-refractivity contribution >= 4 is 48.9 Å². The van der Waals surface area contributed by atoms with E-state index in [2.05, 4.69) is 30.9 Å². The Labute approximate surface area is 423 Å². The first-order valence-corrected chi connectivity index (χ1v) is 22.7. The van der Waals surface area contributed by atoms with Gasteiger partial charge in [0, 0.05) is 0 Å². The summed E-state index contributed by atoms with van der Waals surface area (Å²) >= 11 is 0. The van der Waals surface area contributed by atoms with Crippen LogP contribution >= 0.6 is 0 Å². The van der Waals surface area contributed by atoms with Crippen molar-refractivity contribution in [2.75, 3.05) is 0 Å². The Morgan fingerprint density at radius 2 is 0.465 bits per heavy atom. The fraction of sp³-hybridized carbons (Fsp3) is 0.160. The topological polar surface area (TPSA) is 185 Å². The smallest absolute Gasteiger partial charge is 0.537 e. The van der Waals surface area contributed by atoms with Gasteiger partial charge >= 0.3 is 68.4 Å². The van der Waals surface area contributed by atoms with Crippen LogP contribution in [-0.4, -0.2) is 48.9 Å². The molecule has 0 unspecified atom stereocenters. The maximum atomic E-state index is 6.44. The minimum atomic E-state index is -3.40. The molecule has 2 bridgehead atoms. The molecule has 0 fully saturated rings. The molecule has 0 saturated heterocycles. The first-order valence-electron chi connectivity index (χ1n) is 22.7. The van der Waals surface area contributed by atoms with Gasteiger partial charge in [-0.1, -0.05) is 192 Å². The molecule has 3 heterocycles. The van der Waals surface area contributed by atoms with E-state index in [9.17, 15) is 0 Å². The number of nitrogens with zero attached hydrogens (tertiary/aromatic N) is 6. The molecule has 0 spiro atoms. The summed E-state index contributed by atoms with van der Waals surface area (Å²) in [5, 5.41) is 27.0.